The van der Waals surface area contributed by atoms with Gasteiger partial charge in [-0.1, -0.05) is 29.6 Å². The number of nitriles is 1. The first kappa shape index (κ1) is 29.2. The molecule has 1 aliphatic rings. The Labute approximate surface area is 253 Å². The molecule has 1 amide bonds. The number of amides is 1. The van der Waals surface area contributed by atoms with Crippen LogP contribution in [0.1, 0.15) is 40.1 Å². The highest BCUT2D eigenvalue weighted by Gasteiger charge is 2.24. The van der Waals surface area contributed by atoms with Crippen molar-refractivity contribution < 1.29 is 4.79 Å². The van der Waals surface area contributed by atoms with Gasteiger partial charge >= 0.3 is 0 Å². The Kier molecular flexibility index (Phi) is 8.56. The second kappa shape index (κ2) is 12.3. The molecule has 4 aromatic rings. The smallest absolute Gasteiger partial charge is 0.281 e. The first-order valence-electron chi connectivity index (χ1n) is 13.5. The summed E-state index contributed by atoms with van der Waals surface area (Å²) in [5.41, 5.74) is 4.68. The summed E-state index contributed by atoms with van der Waals surface area (Å²) in [7, 11) is 1.76. The Morgan fingerprint density at radius 1 is 1.07 bits per heavy atom. The molecule has 3 heterocycles. The fourth-order valence-corrected chi connectivity index (χ4v) is 5.67. The minimum atomic E-state index is -0.358. The third kappa shape index (κ3) is 5.86. The number of aryl methyl sites for hydroxylation is 1. The Morgan fingerprint density at radius 2 is 1.76 bits per heavy atom. The average molecular weight is 603 g/mol. The van der Waals surface area contributed by atoms with Gasteiger partial charge in [-0.2, -0.15) is 5.26 Å². The number of pyridine rings is 1. The van der Waals surface area contributed by atoms with E-state index in [0.717, 1.165) is 29.9 Å². The molecule has 42 heavy (non-hydrogen) atoms. The summed E-state index contributed by atoms with van der Waals surface area (Å²) in [6, 6.07) is 16.7. The highest BCUT2D eigenvalue weighted by atomic mass is 35.5. The molecule has 2 aromatic heterocycles. The Morgan fingerprint density at radius 3 is 2.43 bits per heavy atom. The molecule has 0 spiro atoms. The van der Waals surface area contributed by atoms with Gasteiger partial charge in [-0.3, -0.25) is 18.9 Å². The van der Waals surface area contributed by atoms with E-state index < -0.39 is 0 Å². The predicted octanol–water partition coefficient (Wildman–Crippen LogP) is 4.67. The highest BCUT2D eigenvalue weighted by Crippen LogP contribution is 2.29. The van der Waals surface area contributed by atoms with Gasteiger partial charge in [-0.25, -0.2) is 9.97 Å². The monoisotopic (exact) mass is 602 g/mol. The van der Waals surface area contributed by atoms with Crippen molar-refractivity contribution in [3.63, 3.8) is 0 Å². The number of nitrogens with zero attached hydrogens (tertiary/aromatic N) is 6. The zero-order valence-electron chi connectivity index (χ0n) is 23.8. The van der Waals surface area contributed by atoms with Crippen LogP contribution < -0.4 is 25.4 Å². The SMILES string of the molecule is CSNC(=O)c1nc(Cl)ccc1NC(C)c1cc(C)cc2c(=O)n(C)c(N3CCN(c4ccc(C#N)cc4)CC3)nc12. The maximum absolute atomic E-state index is 13.6. The van der Waals surface area contributed by atoms with Gasteiger partial charge in [0.2, 0.25) is 5.95 Å². The van der Waals surface area contributed by atoms with E-state index in [2.05, 4.69) is 30.9 Å². The molecular weight excluding hydrogens is 572 g/mol. The zero-order valence-corrected chi connectivity index (χ0v) is 25.4. The summed E-state index contributed by atoms with van der Waals surface area (Å²) in [6.07, 6.45) is 1.76. The summed E-state index contributed by atoms with van der Waals surface area (Å²) in [5.74, 6) is 0.251. The second-order valence-electron chi connectivity index (χ2n) is 10.2. The van der Waals surface area contributed by atoms with Crippen molar-refractivity contribution in [2.75, 3.05) is 47.6 Å². The van der Waals surface area contributed by atoms with Crippen molar-refractivity contribution in [3.05, 3.63) is 86.4 Å². The molecule has 1 fully saturated rings. The van der Waals surface area contributed by atoms with Crippen LogP contribution in [-0.4, -0.2) is 52.9 Å². The maximum atomic E-state index is 13.6. The number of piperazine rings is 1. The standard InChI is InChI=1S/C30H31ClN8O2S/c1-18-15-22(19(2)33-24-9-10-25(31)34-27(24)28(40)36-42-4)26-23(16-18)29(41)37(3)30(35-26)39-13-11-38(12-14-39)21-7-5-20(17-32)6-8-21/h5-10,15-16,19,33H,11-14H2,1-4H3,(H,36,40). The molecule has 1 atom stereocenters. The van der Waals surface area contributed by atoms with Crippen molar-refractivity contribution in [2.45, 2.75) is 19.9 Å². The Bertz CT molecular complexity index is 1740. The van der Waals surface area contributed by atoms with Crippen LogP contribution in [0.25, 0.3) is 10.9 Å². The van der Waals surface area contributed by atoms with Gasteiger partial charge < -0.3 is 15.1 Å². The molecule has 0 aliphatic carbocycles. The number of fused-ring (bicyclic) bond motifs is 1. The first-order valence-corrected chi connectivity index (χ1v) is 15.1. The van der Waals surface area contributed by atoms with Crippen LogP contribution in [0.5, 0.6) is 0 Å². The van der Waals surface area contributed by atoms with Crippen LogP contribution in [-0.2, 0) is 7.05 Å². The number of rotatable bonds is 7. The van der Waals surface area contributed by atoms with Crippen LogP contribution in [0.3, 0.4) is 0 Å². The summed E-state index contributed by atoms with van der Waals surface area (Å²) in [4.78, 5) is 40.0. The van der Waals surface area contributed by atoms with Gasteiger partial charge in [0.1, 0.15) is 5.15 Å². The van der Waals surface area contributed by atoms with Gasteiger partial charge in [0, 0.05) is 50.7 Å². The number of benzene rings is 2. The Hall–Kier alpha value is -4.27. The predicted molar refractivity (Wildman–Crippen MR) is 170 cm³/mol. The quantitative estimate of drug-likeness (QED) is 0.230. The summed E-state index contributed by atoms with van der Waals surface area (Å²) >= 11 is 7.28. The van der Waals surface area contributed by atoms with Crippen LogP contribution in [0.15, 0.2) is 53.3 Å². The number of halogens is 1. The van der Waals surface area contributed by atoms with Crippen LogP contribution in [0.4, 0.5) is 17.3 Å². The first-order chi connectivity index (χ1) is 20.2. The van der Waals surface area contributed by atoms with E-state index in [1.165, 1.54) is 11.9 Å². The van der Waals surface area contributed by atoms with E-state index in [0.29, 0.717) is 41.2 Å². The van der Waals surface area contributed by atoms with Crippen molar-refractivity contribution in [2.24, 2.45) is 7.05 Å². The van der Waals surface area contributed by atoms with Gasteiger partial charge in [-0.05, 0) is 61.9 Å². The van der Waals surface area contributed by atoms with Crippen molar-refractivity contribution in [3.8, 4) is 6.07 Å². The fourth-order valence-electron chi connectivity index (χ4n) is 5.24. The molecule has 2 N–H and O–H groups in total. The third-order valence-electron chi connectivity index (χ3n) is 7.36. The maximum Gasteiger partial charge on any atom is 0.281 e. The van der Waals surface area contributed by atoms with E-state index in [1.54, 1.807) is 30.0 Å². The molecule has 0 radical (unpaired) electrons. The topological polar surface area (TPSA) is 119 Å². The van der Waals surface area contributed by atoms with Crippen LogP contribution in [0.2, 0.25) is 5.15 Å². The summed E-state index contributed by atoms with van der Waals surface area (Å²) < 4.78 is 4.32. The number of hydrogen-bond donors (Lipinski definition) is 2. The lowest BCUT2D eigenvalue weighted by molar-refractivity contribution is 0.0980. The molecule has 10 nitrogen and oxygen atoms in total. The fraction of sp³-hybridized carbons (Fsp3) is 0.300. The van der Waals surface area contributed by atoms with Gasteiger partial charge in [-0.15, -0.1) is 0 Å². The Balaban J connectivity index is 1.46. The number of hydrogen-bond acceptors (Lipinski definition) is 9. The summed E-state index contributed by atoms with van der Waals surface area (Å²) in [6.45, 7) is 6.79. The largest absolute Gasteiger partial charge is 0.377 e. The molecule has 2 aromatic carbocycles. The lowest BCUT2D eigenvalue weighted by Gasteiger charge is -2.37. The molecule has 5 rings (SSSR count). The van der Waals surface area contributed by atoms with Crippen molar-refractivity contribution in [1.29, 1.82) is 5.26 Å². The van der Waals surface area contributed by atoms with Crippen molar-refractivity contribution >= 4 is 57.7 Å². The minimum absolute atomic E-state index is 0.116. The molecule has 0 bridgehead atoms. The van der Waals surface area contributed by atoms with Gasteiger partial charge in [0.15, 0.2) is 5.69 Å². The number of carbonyl (C=O) groups excluding carboxylic acids is 1. The molecule has 216 valence electrons. The van der Waals surface area contributed by atoms with Gasteiger partial charge in [0.05, 0.1) is 34.3 Å². The van der Waals surface area contributed by atoms with E-state index in [-0.39, 0.29) is 28.4 Å². The average Bonchev–Trinajstić information content (AvgIpc) is 3.00. The van der Waals surface area contributed by atoms with E-state index in [4.69, 9.17) is 21.8 Å². The molecule has 0 saturated carbocycles. The summed E-state index contributed by atoms with van der Waals surface area (Å²) in [5, 5.41) is 13.2. The third-order valence-corrected chi connectivity index (χ3v) is 7.96. The van der Waals surface area contributed by atoms with Crippen LogP contribution >= 0.6 is 23.5 Å². The number of carbonyl (C=O) groups is 1. The molecule has 1 unspecified atom stereocenters. The minimum Gasteiger partial charge on any atom is -0.377 e. The molecule has 12 heteroatoms. The number of nitrogens with one attached hydrogen (secondary N) is 2. The van der Waals surface area contributed by atoms with E-state index in [1.807, 2.05) is 50.2 Å². The van der Waals surface area contributed by atoms with Gasteiger partial charge in [0.25, 0.3) is 11.5 Å². The molecular formula is C30H31ClN8O2S. The lowest BCUT2D eigenvalue weighted by Crippen LogP contribution is -2.48. The van der Waals surface area contributed by atoms with E-state index >= 15 is 0 Å². The second-order valence-corrected chi connectivity index (χ2v) is 11.2. The highest BCUT2D eigenvalue weighted by molar-refractivity contribution is 7.97. The zero-order chi connectivity index (χ0) is 30.0. The molecule has 1 aliphatic heterocycles. The van der Waals surface area contributed by atoms with Crippen molar-refractivity contribution in [1.82, 2.24) is 19.3 Å². The van der Waals surface area contributed by atoms with E-state index in [9.17, 15) is 9.59 Å². The number of anilines is 3. The molecule has 1 saturated heterocycles. The normalized spacial score (nSPS) is 14.0. The number of aromatic nitrogens is 3. The van der Waals surface area contributed by atoms with Crippen LogP contribution in [0, 0.1) is 18.3 Å². The lowest BCUT2D eigenvalue weighted by atomic mass is 10.0.